The third kappa shape index (κ3) is 10.3. The monoisotopic (exact) mass is 294 g/mol. The average Bonchev–Trinajstić information content (AvgIpc) is 2.93. The van der Waals surface area contributed by atoms with Gasteiger partial charge in [-0.1, -0.05) is 80.5 Å². The van der Waals surface area contributed by atoms with Crippen LogP contribution >= 0.6 is 11.8 Å². The van der Waals surface area contributed by atoms with Crippen molar-refractivity contribution in [3.05, 3.63) is 23.8 Å². The van der Waals surface area contributed by atoms with E-state index in [9.17, 15) is 4.79 Å². The van der Waals surface area contributed by atoms with Crippen molar-refractivity contribution in [3.63, 3.8) is 0 Å². The largest absolute Gasteiger partial charge is 0.288 e. The van der Waals surface area contributed by atoms with Crippen LogP contribution in [0.4, 0.5) is 0 Å². The van der Waals surface area contributed by atoms with Crippen molar-refractivity contribution < 1.29 is 4.79 Å². The molecule has 1 rings (SSSR count). The number of thioether (sulfide) groups is 1. The SMILES string of the molecule is CC(=O)SCCCCCCCCCCCC1=CCC=C1. The van der Waals surface area contributed by atoms with Crippen LogP contribution in [0.3, 0.4) is 0 Å². The molecule has 0 saturated heterocycles. The van der Waals surface area contributed by atoms with Crippen LogP contribution in [0.25, 0.3) is 0 Å². The first kappa shape index (κ1) is 17.6. The number of allylic oxidation sites excluding steroid dienone is 4. The van der Waals surface area contributed by atoms with Crippen molar-refractivity contribution in [1.82, 2.24) is 0 Å². The molecule has 0 aromatic carbocycles. The third-order valence-electron chi connectivity index (χ3n) is 3.76. The lowest BCUT2D eigenvalue weighted by Gasteiger charge is -2.03. The van der Waals surface area contributed by atoms with Gasteiger partial charge in [0.1, 0.15) is 0 Å². The van der Waals surface area contributed by atoms with E-state index in [1.165, 1.54) is 76.0 Å². The van der Waals surface area contributed by atoms with Gasteiger partial charge in [0.05, 0.1) is 0 Å². The molecule has 1 aliphatic carbocycles. The Kier molecular flexibility index (Phi) is 10.8. The highest BCUT2D eigenvalue weighted by Crippen LogP contribution is 2.17. The first-order valence-corrected chi connectivity index (χ1v) is 9.26. The zero-order valence-electron chi connectivity index (χ0n) is 13.0. The number of unbranched alkanes of at least 4 members (excludes halogenated alkanes) is 8. The maximum Gasteiger partial charge on any atom is 0.185 e. The van der Waals surface area contributed by atoms with Crippen LogP contribution < -0.4 is 0 Å². The lowest BCUT2D eigenvalue weighted by atomic mass is 10.0. The predicted molar refractivity (Wildman–Crippen MR) is 91.1 cm³/mol. The topological polar surface area (TPSA) is 17.1 Å². The summed E-state index contributed by atoms with van der Waals surface area (Å²) in [4.78, 5) is 10.7. The second-order valence-electron chi connectivity index (χ2n) is 5.69. The summed E-state index contributed by atoms with van der Waals surface area (Å²) in [6.45, 7) is 1.66. The molecule has 0 unspecified atom stereocenters. The van der Waals surface area contributed by atoms with Crippen LogP contribution in [-0.4, -0.2) is 10.9 Å². The number of hydrogen-bond acceptors (Lipinski definition) is 2. The van der Waals surface area contributed by atoms with Gasteiger partial charge in [0.2, 0.25) is 0 Å². The van der Waals surface area contributed by atoms with Gasteiger partial charge in [-0.3, -0.25) is 4.79 Å². The summed E-state index contributed by atoms with van der Waals surface area (Å²) >= 11 is 1.47. The molecule has 1 aliphatic rings. The molecular weight excluding hydrogens is 264 g/mol. The smallest absolute Gasteiger partial charge is 0.185 e. The molecule has 0 spiro atoms. The van der Waals surface area contributed by atoms with E-state index in [0.29, 0.717) is 0 Å². The van der Waals surface area contributed by atoms with Gasteiger partial charge < -0.3 is 0 Å². The van der Waals surface area contributed by atoms with Crippen LogP contribution in [0, 0.1) is 0 Å². The standard InChI is InChI=1S/C18H30OS/c1-17(19)20-16-12-8-6-4-2-3-5-7-9-13-18-14-10-11-15-18/h10,14-15H,2-9,11-13,16H2,1H3. The van der Waals surface area contributed by atoms with Crippen LogP contribution in [0.2, 0.25) is 0 Å². The molecular formula is C18H30OS. The first-order chi connectivity index (χ1) is 9.79. The molecule has 0 atom stereocenters. The second-order valence-corrected chi connectivity index (χ2v) is 6.96. The fourth-order valence-corrected chi connectivity index (χ4v) is 3.21. The minimum atomic E-state index is 0.258. The Labute approximate surface area is 129 Å². The molecule has 0 aromatic rings. The summed E-state index contributed by atoms with van der Waals surface area (Å²) in [5, 5.41) is 0.258. The zero-order chi connectivity index (χ0) is 14.5. The van der Waals surface area contributed by atoms with Crippen molar-refractivity contribution in [2.45, 2.75) is 77.6 Å². The number of carbonyl (C=O) groups is 1. The molecule has 0 radical (unpaired) electrons. The minimum Gasteiger partial charge on any atom is -0.288 e. The second kappa shape index (κ2) is 12.3. The Morgan fingerprint density at radius 3 is 2.15 bits per heavy atom. The first-order valence-electron chi connectivity index (χ1n) is 8.28. The minimum absolute atomic E-state index is 0.258. The van der Waals surface area contributed by atoms with Gasteiger partial charge >= 0.3 is 0 Å². The molecule has 114 valence electrons. The lowest BCUT2D eigenvalue weighted by Crippen LogP contribution is -1.87. The maximum absolute atomic E-state index is 10.7. The number of carbonyl (C=O) groups excluding carboxylic acids is 1. The summed E-state index contributed by atoms with van der Waals surface area (Å²) in [7, 11) is 0. The highest BCUT2D eigenvalue weighted by molar-refractivity contribution is 8.13. The van der Waals surface area contributed by atoms with Crippen LogP contribution in [-0.2, 0) is 4.79 Å². The molecule has 1 nitrogen and oxygen atoms in total. The molecule has 0 N–H and O–H groups in total. The van der Waals surface area contributed by atoms with E-state index < -0.39 is 0 Å². The van der Waals surface area contributed by atoms with Gasteiger partial charge in [-0.25, -0.2) is 0 Å². The molecule has 0 amide bonds. The van der Waals surface area contributed by atoms with Gasteiger partial charge in [-0.2, -0.15) is 0 Å². The fraction of sp³-hybridized carbons (Fsp3) is 0.722. The molecule has 0 aliphatic heterocycles. The van der Waals surface area contributed by atoms with Crippen LogP contribution in [0.5, 0.6) is 0 Å². The van der Waals surface area contributed by atoms with Crippen molar-refractivity contribution in [1.29, 1.82) is 0 Å². The Hall–Kier alpha value is -0.500. The van der Waals surface area contributed by atoms with Gasteiger partial charge in [0, 0.05) is 12.7 Å². The molecule has 2 heteroatoms. The van der Waals surface area contributed by atoms with E-state index in [1.807, 2.05) is 0 Å². The van der Waals surface area contributed by atoms with E-state index in [-0.39, 0.29) is 5.12 Å². The van der Waals surface area contributed by atoms with Crippen LogP contribution in [0.15, 0.2) is 23.8 Å². The third-order valence-corrected chi connectivity index (χ3v) is 4.66. The Morgan fingerprint density at radius 1 is 1.00 bits per heavy atom. The molecule has 0 bridgehead atoms. The predicted octanol–water partition coefficient (Wildman–Crippen LogP) is 6.05. The Bertz CT molecular complexity index is 317. The zero-order valence-corrected chi connectivity index (χ0v) is 13.9. The molecule has 20 heavy (non-hydrogen) atoms. The van der Waals surface area contributed by atoms with Gasteiger partial charge in [-0.05, 0) is 25.7 Å². The van der Waals surface area contributed by atoms with E-state index in [2.05, 4.69) is 18.2 Å². The van der Waals surface area contributed by atoms with Gasteiger partial charge in [-0.15, -0.1) is 0 Å². The van der Waals surface area contributed by atoms with Gasteiger partial charge in [0.15, 0.2) is 5.12 Å². The Balaban J connectivity index is 1.72. The van der Waals surface area contributed by atoms with Crippen LogP contribution in [0.1, 0.15) is 77.6 Å². The normalized spacial score (nSPS) is 13.8. The quantitative estimate of drug-likeness (QED) is 0.407. The molecule has 0 saturated carbocycles. The molecule has 0 aromatic heterocycles. The number of rotatable bonds is 12. The summed E-state index contributed by atoms with van der Waals surface area (Å²) in [5.74, 6) is 1.01. The van der Waals surface area contributed by atoms with E-state index in [0.717, 1.165) is 12.2 Å². The summed E-state index contributed by atoms with van der Waals surface area (Å²) in [5.41, 5.74) is 1.55. The van der Waals surface area contributed by atoms with E-state index in [1.54, 1.807) is 12.5 Å². The lowest BCUT2D eigenvalue weighted by molar-refractivity contribution is -0.109. The average molecular weight is 295 g/mol. The van der Waals surface area contributed by atoms with E-state index >= 15 is 0 Å². The summed E-state index contributed by atoms with van der Waals surface area (Å²) in [6.07, 6.45) is 21.5. The Morgan fingerprint density at radius 2 is 1.60 bits per heavy atom. The van der Waals surface area contributed by atoms with E-state index in [4.69, 9.17) is 0 Å². The van der Waals surface area contributed by atoms with Crippen molar-refractivity contribution in [2.24, 2.45) is 0 Å². The fourth-order valence-electron chi connectivity index (χ4n) is 2.58. The molecule has 0 heterocycles. The molecule has 0 fully saturated rings. The highest BCUT2D eigenvalue weighted by atomic mass is 32.2. The maximum atomic E-state index is 10.7. The van der Waals surface area contributed by atoms with Gasteiger partial charge in [0.25, 0.3) is 0 Å². The highest BCUT2D eigenvalue weighted by Gasteiger charge is 1.98. The summed E-state index contributed by atoms with van der Waals surface area (Å²) in [6, 6.07) is 0. The van der Waals surface area contributed by atoms with Crippen molar-refractivity contribution in [3.8, 4) is 0 Å². The number of hydrogen-bond donors (Lipinski definition) is 0. The van der Waals surface area contributed by atoms with Crippen molar-refractivity contribution in [2.75, 3.05) is 5.75 Å². The van der Waals surface area contributed by atoms with Crippen molar-refractivity contribution >= 4 is 16.9 Å². The summed E-state index contributed by atoms with van der Waals surface area (Å²) < 4.78 is 0.